The molecule has 2 aromatic heterocycles. The molecule has 4 nitrogen and oxygen atoms in total. The highest BCUT2D eigenvalue weighted by atomic mass is 35.5. The molecule has 0 saturated carbocycles. The summed E-state index contributed by atoms with van der Waals surface area (Å²) in [6, 6.07) is 2.57. The van der Waals surface area contributed by atoms with E-state index in [4.69, 9.17) is 20.8 Å². The van der Waals surface area contributed by atoms with E-state index in [1.54, 1.807) is 11.3 Å². The number of aromatic nitrogens is 1. The predicted molar refractivity (Wildman–Crippen MR) is 86.5 cm³/mol. The molecule has 4 rings (SSSR count). The maximum Gasteiger partial charge on any atom is 0.191 e. The lowest BCUT2D eigenvalue weighted by Crippen LogP contribution is -2.49. The van der Waals surface area contributed by atoms with Gasteiger partial charge in [0, 0.05) is 24.3 Å². The third-order valence-corrected chi connectivity index (χ3v) is 6.07. The summed E-state index contributed by atoms with van der Waals surface area (Å²) in [5.74, 6) is 1.59. The van der Waals surface area contributed by atoms with Crippen LogP contribution >= 0.6 is 22.9 Å². The molecular formula is C16H19ClN2O2S. The van der Waals surface area contributed by atoms with Gasteiger partial charge in [0.15, 0.2) is 5.89 Å². The van der Waals surface area contributed by atoms with Crippen LogP contribution in [0.5, 0.6) is 0 Å². The number of fused-ring (bicyclic) bond motifs is 2. The Kier molecular flexibility index (Phi) is 3.57. The first-order valence-corrected chi connectivity index (χ1v) is 8.86. The molecule has 1 spiro atoms. The first-order valence-electron chi connectivity index (χ1n) is 7.67. The Morgan fingerprint density at radius 2 is 2.32 bits per heavy atom. The summed E-state index contributed by atoms with van der Waals surface area (Å²) >= 11 is 7.93. The highest BCUT2D eigenvalue weighted by Gasteiger charge is 2.46. The number of thiophene rings is 1. The Bertz CT molecular complexity index is 698. The van der Waals surface area contributed by atoms with E-state index in [1.165, 1.54) is 10.4 Å². The first-order chi connectivity index (χ1) is 10.6. The second-order valence-corrected chi connectivity index (χ2v) is 7.99. The van der Waals surface area contributed by atoms with Crippen molar-refractivity contribution in [2.75, 3.05) is 6.61 Å². The first kappa shape index (κ1) is 14.7. The normalized spacial score (nSPS) is 31.4. The van der Waals surface area contributed by atoms with Crippen molar-refractivity contribution in [3.05, 3.63) is 38.7 Å². The molecule has 0 bridgehead atoms. The van der Waals surface area contributed by atoms with Crippen molar-refractivity contribution >= 4 is 22.9 Å². The van der Waals surface area contributed by atoms with E-state index < -0.39 is 0 Å². The van der Waals surface area contributed by atoms with Gasteiger partial charge in [-0.25, -0.2) is 4.98 Å². The van der Waals surface area contributed by atoms with Crippen LogP contribution < -0.4 is 5.32 Å². The van der Waals surface area contributed by atoms with Crippen LogP contribution in [-0.2, 0) is 16.8 Å². The highest BCUT2D eigenvalue weighted by Crippen LogP contribution is 2.49. The summed E-state index contributed by atoms with van der Waals surface area (Å²) < 4.78 is 12.9. The zero-order valence-electron chi connectivity index (χ0n) is 12.7. The molecule has 6 heteroatoms. The molecule has 1 fully saturated rings. The van der Waals surface area contributed by atoms with Gasteiger partial charge in [-0.3, -0.25) is 0 Å². The van der Waals surface area contributed by atoms with Crippen molar-refractivity contribution in [1.82, 2.24) is 10.3 Å². The summed E-state index contributed by atoms with van der Waals surface area (Å²) in [6.45, 7) is 4.83. The minimum Gasteiger partial charge on any atom is -0.444 e. The average Bonchev–Trinajstić information content (AvgIpc) is 3.04. The molecule has 22 heavy (non-hydrogen) atoms. The molecule has 4 heterocycles. The smallest absolute Gasteiger partial charge is 0.191 e. The Balaban J connectivity index is 1.72. The summed E-state index contributed by atoms with van der Waals surface area (Å²) in [5.41, 5.74) is 1.10. The summed E-state index contributed by atoms with van der Waals surface area (Å²) in [6.07, 6.45) is 4.59. The van der Waals surface area contributed by atoms with E-state index in [1.807, 2.05) is 13.1 Å². The number of hydrogen-bond acceptors (Lipinski definition) is 5. The summed E-state index contributed by atoms with van der Waals surface area (Å²) in [5, 5.41) is 3.61. The van der Waals surface area contributed by atoms with E-state index in [0.717, 1.165) is 36.0 Å². The standard InChI is InChI=1S/C16H19ClN2O2S/c1-9-6-16(7-12(19-9)13-8-18-10(2)21-13)15-11(3-4-20-16)5-14(17)22-15/h5,8-9,12,19H,3-4,6-7H2,1-2H3/t9-,12-,16-/m0/s1. The molecule has 1 saturated heterocycles. The highest BCUT2D eigenvalue weighted by molar-refractivity contribution is 7.16. The van der Waals surface area contributed by atoms with E-state index >= 15 is 0 Å². The number of ether oxygens (including phenoxy) is 1. The molecule has 0 radical (unpaired) electrons. The third kappa shape index (κ3) is 2.40. The molecule has 0 aliphatic carbocycles. The van der Waals surface area contributed by atoms with Crippen molar-refractivity contribution in [3.8, 4) is 0 Å². The van der Waals surface area contributed by atoms with Crippen LogP contribution in [0.4, 0.5) is 0 Å². The molecule has 0 amide bonds. The van der Waals surface area contributed by atoms with Crippen molar-refractivity contribution < 1.29 is 9.15 Å². The lowest BCUT2D eigenvalue weighted by molar-refractivity contribution is -0.0970. The number of aryl methyl sites for hydroxylation is 1. The van der Waals surface area contributed by atoms with Crippen LogP contribution in [0.3, 0.4) is 0 Å². The van der Waals surface area contributed by atoms with Crippen LogP contribution in [0.25, 0.3) is 0 Å². The third-order valence-electron chi connectivity index (χ3n) is 4.58. The van der Waals surface area contributed by atoms with E-state index in [2.05, 4.69) is 23.3 Å². The summed E-state index contributed by atoms with van der Waals surface area (Å²) in [4.78, 5) is 5.54. The van der Waals surface area contributed by atoms with Gasteiger partial charge in [0.25, 0.3) is 0 Å². The zero-order chi connectivity index (χ0) is 15.3. The lowest BCUT2D eigenvalue weighted by Gasteiger charge is -2.45. The van der Waals surface area contributed by atoms with Gasteiger partial charge < -0.3 is 14.5 Å². The molecular weight excluding hydrogens is 320 g/mol. The molecule has 2 aliphatic rings. The molecule has 2 aliphatic heterocycles. The Morgan fingerprint density at radius 3 is 3.09 bits per heavy atom. The second-order valence-electron chi connectivity index (χ2n) is 6.31. The maximum atomic E-state index is 6.32. The van der Waals surface area contributed by atoms with Gasteiger partial charge in [-0.15, -0.1) is 11.3 Å². The van der Waals surface area contributed by atoms with Gasteiger partial charge in [-0.1, -0.05) is 11.6 Å². The zero-order valence-corrected chi connectivity index (χ0v) is 14.3. The van der Waals surface area contributed by atoms with Crippen LogP contribution in [0.15, 0.2) is 16.7 Å². The number of halogens is 1. The quantitative estimate of drug-likeness (QED) is 0.854. The molecule has 118 valence electrons. The van der Waals surface area contributed by atoms with Gasteiger partial charge in [0.1, 0.15) is 11.4 Å². The van der Waals surface area contributed by atoms with Crippen LogP contribution in [0.2, 0.25) is 4.34 Å². The number of rotatable bonds is 1. The number of nitrogens with one attached hydrogen (secondary N) is 1. The molecule has 1 N–H and O–H groups in total. The second kappa shape index (κ2) is 5.34. The van der Waals surface area contributed by atoms with E-state index in [0.29, 0.717) is 11.9 Å². The fourth-order valence-electron chi connectivity index (χ4n) is 3.78. The van der Waals surface area contributed by atoms with Gasteiger partial charge >= 0.3 is 0 Å². The Labute approximate surface area is 138 Å². The van der Waals surface area contributed by atoms with Crippen LogP contribution in [0, 0.1) is 6.92 Å². The van der Waals surface area contributed by atoms with E-state index in [-0.39, 0.29) is 11.6 Å². The molecule has 0 aromatic carbocycles. The minimum atomic E-state index is -0.249. The Morgan fingerprint density at radius 1 is 1.45 bits per heavy atom. The maximum absolute atomic E-state index is 6.32. The van der Waals surface area contributed by atoms with Crippen molar-refractivity contribution in [2.24, 2.45) is 0 Å². The van der Waals surface area contributed by atoms with Crippen molar-refractivity contribution in [2.45, 2.75) is 50.8 Å². The van der Waals surface area contributed by atoms with Crippen molar-refractivity contribution in [1.29, 1.82) is 0 Å². The summed E-state index contributed by atoms with van der Waals surface area (Å²) in [7, 11) is 0. The molecule has 0 unspecified atom stereocenters. The van der Waals surface area contributed by atoms with Gasteiger partial charge in [0.2, 0.25) is 0 Å². The Hall–Kier alpha value is -0.880. The fraction of sp³-hybridized carbons (Fsp3) is 0.562. The molecule has 3 atom stereocenters. The number of oxazole rings is 1. The number of piperidine rings is 1. The van der Waals surface area contributed by atoms with Crippen LogP contribution in [-0.4, -0.2) is 17.6 Å². The number of hydrogen-bond donors (Lipinski definition) is 1. The topological polar surface area (TPSA) is 47.3 Å². The lowest BCUT2D eigenvalue weighted by atomic mass is 9.79. The SMILES string of the molecule is Cc1ncc([C@@H]2C[C@]3(C[C@H](C)N2)OCCc2cc(Cl)sc23)o1. The minimum absolute atomic E-state index is 0.122. The van der Waals surface area contributed by atoms with E-state index in [9.17, 15) is 0 Å². The van der Waals surface area contributed by atoms with Crippen LogP contribution in [0.1, 0.15) is 47.9 Å². The monoisotopic (exact) mass is 338 g/mol. The fourth-order valence-corrected chi connectivity index (χ4v) is 5.25. The predicted octanol–water partition coefficient (Wildman–Crippen LogP) is 3.98. The molecule has 2 aromatic rings. The van der Waals surface area contributed by atoms with Gasteiger partial charge in [-0.05, 0) is 31.4 Å². The average molecular weight is 339 g/mol. The number of nitrogens with zero attached hydrogens (tertiary/aromatic N) is 1. The largest absolute Gasteiger partial charge is 0.444 e. The van der Waals surface area contributed by atoms with Gasteiger partial charge in [-0.2, -0.15) is 0 Å². The van der Waals surface area contributed by atoms with Crippen molar-refractivity contribution in [3.63, 3.8) is 0 Å². The van der Waals surface area contributed by atoms with Gasteiger partial charge in [0.05, 0.1) is 23.2 Å².